The van der Waals surface area contributed by atoms with Crippen LogP contribution in [0, 0.1) is 12.8 Å². The Balaban J connectivity index is 1.44. The molecule has 0 bridgehead atoms. The molecule has 3 aromatic rings. The highest BCUT2D eigenvalue weighted by molar-refractivity contribution is 5.82. The van der Waals surface area contributed by atoms with Crippen LogP contribution in [0.5, 0.6) is 0 Å². The van der Waals surface area contributed by atoms with Crippen LogP contribution in [0.25, 0.3) is 5.82 Å². The summed E-state index contributed by atoms with van der Waals surface area (Å²) < 4.78 is 7.30. The van der Waals surface area contributed by atoms with Crippen LogP contribution in [0.1, 0.15) is 29.5 Å². The van der Waals surface area contributed by atoms with Crippen LogP contribution in [0.2, 0.25) is 0 Å². The molecule has 0 radical (unpaired) electrons. The van der Waals surface area contributed by atoms with E-state index in [0.29, 0.717) is 6.54 Å². The van der Waals surface area contributed by atoms with Crippen LogP contribution in [-0.2, 0) is 11.3 Å². The summed E-state index contributed by atoms with van der Waals surface area (Å²) in [5.41, 5.74) is 0.960. The van der Waals surface area contributed by atoms with Gasteiger partial charge in [-0.3, -0.25) is 9.36 Å². The summed E-state index contributed by atoms with van der Waals surface area (Å²) in [7, 11) is 0. The molecule has 1 aliphatic rings. The van der Waals surface area contributed by atoms with Crippen LogP contribution in [-0.4, -0.2) is 20.4 Å². The van der Waals surface area contributed by atoms with Crippen LogP contribution < -0.4 is 5.32 Å². The molecule has 3 aromatic heterocycles. The van der Waals surface area contributed by atoms with Gasteiger partial charge in [-0.25, -0.2) is 9.97 Å². The molecule has 1 aliphatic carbocycles. The van der Waals surface area contributed by atoms with Gasteiger partial charge >= 0.3 is 0 Å². The summed E-state index contributed by atoms with van der Waals surface area (Å²) in [5.74, 6) is 2.84. The molecule has 6 heteroatoms. The topological polar surface area (TPSA) is 73.0 Å². The molecular formula is C18H18N4O2. The number of hydrogen-bond acceptors (Lipinski definition) is 4. The summed E-state index contributed by atoms with van der Waals surface area (Å²) in [4.78, 5) is 21.0. The minimum atomic E-state index is 0.00579. The van der Waals surface area contributed by atoms with Gasteiger partial charge in [0.05, 0.1) is 6.26 Å². The molecule has 24 heavy (non-hydrogen) atoms. The minimum Gasteiger partial charge on any atom is -0.469 e. The molecule has 1 amide bonds. The van der Waals surface area contributed by atoms with Gasteiger partial charge in [-0.2, -0.15) is 0 Å². The van der Waals surface area contributed by atoms with Crippen LogP contribution in [0.4, 0.5) is 0 Å². The molecule has 2 atom stereocenters. The van der Waals surface area contributed by atoms with E-state index in [1.165, 1.54) is 0 Å². The first-order valence-electron chi connectivity index (χ1n) is 7.99. The number of nitrogens with one attached hydrogen (secondary N) is 1. The standard InChI is InChI=1S/C18H18N4O2/c1-12-19-7-8-22(12)17-13(4-2-6-20-17)11-21-18(23)15-10-14(15)16-5-3-9-24-16/h2-9,14-15H,10-11H2,1H3,(H,21,23)/t14-,15-/m0/s1. The molecule has 0 unspecified atom stereocenters. The number of hydrogen-bond donors (Lipinski definition) is 1. The van der Waals surface area contributed by atoms with Gasteiger partial charge in [-0.05, 0) is 31.5 Å². The Kier molecular flexibility index (Phi) is 3.65. The van der Waals surface area contributed by atoms with E-state index in [2.05, 4.69) is 15.3 Å². The first-order valence-corrected chi connectivity index (χ1v) is 7.99. The van der Waals surface area contributed by atoms with Crippen molar-refractivity contribution in [3.05, 3.63) is 66.3 Å². The molecule has 1 N–H and O–H groups in total. The number of amides is 1. The fraction of sp³-hybridized carbons (Fsp3) is 0.278. The molecular weight excluding hydrogens is 304 g/mol. The van der Waals surface area contributed by atoms with Gasteiger partial charge < -0.3 is 9.73 Å². The maximum Gasteiger partial charge on any atom is 0.224 e. The first kappa shape index (κ1) is 14.7. The van der Waals surface area contributed by atoms with E-state index in [0.717, 1.165) is 29.4 Å². The van der Waals surface area contributed by atoms with Crippen molar-refractivity contribution < 1.29 is 9.21 Å². The molecule has 6 nitrogen and oxygen atoms in total. The van der Waals surface area contributed by atoms with Crippen molar-refractivity contribution in [2.75, 3.05) is 0 Å². The van der Waals surface area contributed by atoms with Gasteiger partial charge in [-0.1, -0.05) is 6.07 Å². The lowest BCUT2D eigenvalue weighted by molar-refractivity contribution is -0.122. The molecule has 0 aromatic carbocycles. The maximum atomic E-state index is 12.4. The number of rotatable bonds is 5. The maximum absolute atomic E-state index is 12.4. The summed E-state index contributed by atoms with van der Waals surface area (Å²) in [5, 5.41) is 3.02. The van der Waals surface area contributed by atoms with E-state index in [1.807, 2.05) is 42.0 Å². The fourth-order valence-electron chi connectivity index (χ4n) is 3.00. The van der Waals surface area contributed by atoms with Crippen LogP contribution in [0.15, 0.2) is 53.5 Å². The third-order valence-corrected chi connectivity index (χ3v) is 4.41. The second-order valence-electron chi connectivity index (χ2n) is 6.01. The zero-order valence-electron chi connectivity index (χ0n) is 13.3. The molecule has 3 heterocycles. The highest BCUT2D eigenvalue weighted by atomic mass is 16.3. The molecule has 0 aliphatic heterocycles. The molecule has 0 spiro atoms. The van der Waals surface area contributed by atoms with Gasteiger partial charge in [0, 0.05) is 42.5 Å². The Morgan fingerprint density at radius 1 is 1.33 bits per heavy atom. The highest BCUT2D eigenvalue weighted by Gasteiger charge is 2.45. The normalized spacial score (nSPS) is 19.2. The average Bonchev–Trinajstić information content (AvgIpc) is 3.01. The number of aryl methyl sites for hydroxylation is 1. The number of aromatic nitrogens is 3. The van der Waals surface area contributed by atoms with E-state index in [-0.39, 0.29) is 17.7 Å². The third kappa shape index (κ3) is 2.71. The summed E-state index contributed by atoms with van der Waals surface area (Å²) in [6.45, 7) is 2.37. The summed E-state index contributed by atoms with van der Waals surface area (Å²) >= 11 is 0. The zero-order valence-corrected chi connectivity index (χ0v) is 13.3. The quantitative estimate of drug-likeness (QED) is 0.783. The molecule has 1 fully saturated rings. The Morgan fingerprint density at radius 2 is 2.25 bits per heavy atom. The van der Waals surface area contributed by atoms with Crippen molar-refractivity contribution in [3.63, 3.8) is 0 Å². The first-order chi connectivity index (χ1) is 11.7. The minimum absolute atomic E-state index is 0.00579. The third-order valence-electron chi connectivity index (χ3n) is 4.41. The lowest BCUT2D eigenvalue weighted by Crippen LogP contribution is -2.25. The van der Waals surface area contributed by atoms with Gasteiger partial charge in [0.25, 0.3) is 0 Å². The molecule has 0 saturated heterocycles. The van der Waals surface area contributed by atoms with Crippen LogP contribution in [0.3, 0.4) is 0 Å². The molecule has 4 rings (SSSR count). The smallest absolute Gasteiger partial charge is 0.224 e. The number of furan rings is 1. The molecule has 1 saturated carbocycles. The summed E-state index contributed by atoms with van der Waals surface area (Å²) in [6.07, 6.45) is 7.85. The van der Waals surface area contributed by atoms with Crippen molar-refractivity contribution in [2.24, 2.45) is 5.92 Å². The van der Waals surface area contributed by atoms with Gasteiger partial charge in [0.1, 0.15) is 17.4 Å². The predicted molar refractivity (Wildman–Crippen MR) is 87.5 cm³/mol. The largest absolute Gasteiger partial charge is 0.469 e. The SMILES string of the molecule is Cc1nccn1-c1ncccc1CNC(=O)[C@H]1C[C@@H]1c1ccco1. The van der Waals surface area contributed by atoms with Gasteiger partial charge in [-0.15, -0.1) is 0 Å². The number of pyridine rings is 1. The lowest BCUT2D eigenvalue weighted by atomic mass is 10.2. The number of carbonyl (C=O) groups is 1. The van der Waals surface area contributed by atoms with E-state index in [4.69, 9.17) is 4.42 Å². The van der Waals surface area contributed by atoms with Crippen molar-refractivity contribution >= 4 is 5.91 Å². The summed E-state index contributed by atoms with van der Waals surface area (Å²) in [6, 6.07) is 7.63. The highest BCUT2D eigenvalue weighted by Crippen LogP contribution is 2.47. The van der Waals surface area contributed by atoms with E-state index >= 15 is 0 Å². The van der Waals surface area contributed by atoms with E-state index in [1.54, 1.807) is 18.7 Å². The fourth-order valence-corrected chi connectivity index (χ4v) is 3.00. The van der Waals surface area contributed by atoms with Crippen molar-refractivity contribution in [2.45, 2.75) is 25.8 Å². The van der Waals surface area contributed by atoms with Crippen LogP contribution >= 0.6 is 0 Å². The second-order valence-corrected chi connectivity index (χ2v) is 6.01. The van der Waals surface area contributed by atoms with Crippen molar-refractivity contribution in [1.29, 1.82) is 0 Å². The lowest BCUT2D eigenvalue weighted by Gasteiger charge is -2.11. The van der Waals surface area contributed by atoms with Crippen molar-refractivity contribution in [1.82, 2.24) is 19.9 Å². The number of nitrogens with zero attached hydrogens (tertiary/aromatic N) is 3. The Bertz CT molecular complexity index is 854. The zero-order chi connectivity index (χ0) is 16.5. The Labute approximate surface area is 139 Å². The monoisotopic (exact) mass is 322 g/mol. The van der Waals surface area contributed by atoms with E-state index < -0.39 is 0 Å². The van der Waals surface area contributed by atoms with Gasteiger partial charge in [0.2, 0.25) is 5.91 Å². The van der Waals surface area contributed by atoms with Gasteiger partial charge in [0.15, 0.2) is 0 Å². The van der Waals surface area contributed by atoms with E-state index in [9.17, 15) is 4.79 Å². The average molecular weight is 322 g/mol. The predicted octanol–water partition coefficient (Wildman–Crippen LogP) is 2.59. The Morgan fingerprint density at radius 3 is 3.00 bits per heavy atom. The second kappa shape index (κ2) is 5.96. The number of carbonyl (C=O) groups excluding carboxylic acids is 1. The van der Waals surface area contributed by atoms with Crippen molar-refractivity contribution in [3.8, 4) is 5.82 Å². The Hall–Kier alpha value is -2.89. The number of imidazole rings is 1. The molecule has 122 valence electrons.